The van der Waals surface area contributed by atoms with Crippen molar-refractivity contribution in [3.05, 3.63) is 190 Å². The van der Waals surface area contributed by atoms with Gasteiger partial charge >= 0.3 is 5.97 Å². The number of esters is 1. The number of carbonyl (C=O) groups is 1. The fraction of sp³-hybridized carbons (Fsp3) is 0.119. The number of aromatic hydroxyl groups is 1. The van der Waals surface area contributed by atoms with Gasteiger partial charge in [0.2, 0.25) is 0 Å². The average molecular weight is 587 g/mol. The van der Waals surface area contributed by atoms with Crippen LogP contribution >= 0.6 is 0 Å². The summed E-state index contributed by atoms with van der Waals surface area (Å²) in [5.41, 5.74) is 10.3. The molecule has 1 aliphatic rings. The maximum atomic E-state index is 13.3. The zero-order chi connectivity index (χ0) is 31.2. The first-order valence-corrected chi connectivity index (χ1v) is 15.3. The molecule has 1 N–H and O–H groups in total. The number of phenols is 1. The second-order valence-corrected chi connectivity index (χ2v) is 12.4. The monoisotopic (exact) mass is 586 g/mol. The third-order valence-electron chi connectivity index (χ3n) is 9.37. The summed E-state index contributed by atoms with van der Waals surface area (Å²) in [7, 11) is 0. The van der Waals surface area contributed by atoms with Crippen molar-refractivity contribution in [3.63, 3.8) is 0 Å². The quantitative estimate of drug-likeness (QED) is 0.156. The van der Waals surface area contributed by atoms with Gasteiger partial charge in [-0.3, -0.25) is 0 Å². The third kappa shape index (κ3) is 4.72. The molecule has 0 saturated heterocycles. The summed E-state index contributed by atoms with van der Waals surface area (Å²) in [5, 5.41) is 9.68. The zero-order valence-electron chi connectivity index (χ0n) is 25.6. The molecule has 1 aliphatic carbocycles. The molecule has 6 aromatic rings. The van der Waals surface area contributed by atoms with E-state index in [0.29, 0.717) is 11.3 Å². The standard InChI is InChI=1S/C42H34O3/c1-28-12-16-32(17-13-28)42(38-10-6-4-8-36(38)37-9-5-7-11-39(37)42)33-18-14-29(15-19-33)40(44)45-35-26-22-31(23-27-35)41(2,3)30-20-24-34(43)25-21-30/h4-27,43H,1-3H3. The van der Waals surface area contributed by atoms with Crippen LogP contribution in [-0.2, 0) is 10.8 Å². The molecule has 0 amide bonds. The van der Waals surface area contributed by atoms with Crippen molar-refractivity contribution in [3.8, 4) is 22.6 Å². The molecule has 0 aromatic heterocycles. The Kier molecular flexibility index (Phi) is 6.90. The van der Waals surface area contributed by atoms with E-state index in [1.54, 1.807) is 12.1 Å². The summed E-state index contributed by atoms with van der Waals surface area (Å²) in [4.78, 5) is 13.3. The Morgan fingerprint density at radius 3 is 1.60 bits per heavy atom. The highest BCUT2D eigenvalue weighted by atomic mass is 16.5. The van der Waals surface area contributed by atoms with Gasteiger partial charge in [0.05, 0.1) is 11.0 Å². The van der Waals surface area contributed by atoms with Crippen molar-refractivity contribution >= 4 is 5.97 Å². The highest BCUT2D eigenvalue weighted by molar-refractivity contribution is 5.92. The number of hydrogen-bond acceptors (Lipinski definition) is 3. The number of ether oxygens (including phenoxy) is 1. The van der Waals surface area contributed by atoms with Gasteiger partial charge in [-0.15, -0.1) is 0 Å². The van der Waals surface area contributed by atoms with Crippen LogP contribution in [0.3, 0.4) is 0 Å². The van der Waals surface area contributed by atoms with Crippen LogP contribution in [-0.4, -0.2) is 11.1 Å². The molecule has 0 heterocycles. The predicted molar refractivity (Wildman–Crippen MR) is 180 cm³/mol. The first kappa shape index (κ1) is 28.4. The Labute approximate surface area is 264 Å². The Balaban J connectivity index is 1.20. The molecule has 0 radical (unpaired) electrons. The molecule has 6 aromatic carbocycles. The number of rotatable bonds is 6. The molecule has 0 fully saturated rings. The van der Waals surface area contributed by atoms with Crippen molar-refractivity contribution in [2.24, 2.45) is 0 Å². The lowest BCUT2D eigenvalue weighted by molar-refractivity contribution is 0.0734. The summed E-state index contributed by atoms with van der Waals surface area (Å²) in [6.45, 7) is 6.37. The van der Waals surface area contributed by atoms with Crippen molar-refractivity contribution < 1.29 is 14.6 Å². The number of benzene rings is 6. The van der Waals surface area contributed by atoms with Gasteiger partial charge in [-0.2, -0.15) is 0 Å². The topological polar surface area (TPSA) is 46.5 Å². The lowest BCUT2D eigenvalue weighted by atomic mass is 9.67. The molecule has 220 valence electrons. The van der Waals surface area contributed by atoms with E-state index >= 15 is 0 Å². The molecule has 45 heavy (non-hydrogen) atoms. The van der Waals surface area contributed by atoms with Crippen LogP contribution < -0.4 is 4.74 Å². The Morgan fingerprint density at radius 2 is 1.07 bits per heavy atom. The van der Waals surface area contributed by atoms with E-state index in [-0.39, 0.29) is 11.2 Å². The fourth-order valence-corrected chi connectivity index (χ4v) is 6.83. The zero-order valence-corrected chi connectivity index (χ0v) is 25.6. The minimum Gasteiger partial charge on any atom is -0.508 e. The van der Waals surface area contributed by atoms with E-state index in [4.69, 9.17) is 4.74 Å². The van der Waals surface area contributed by atoms with Gasteiger partial charge in [0.25, 0.3) is 0 Å². The van der Waals surface area contributed by atoms with Crippen LogP contribution in [0.5, 0.6) is 11.5 Å². The van der Waals surface area contributed by atoms with Crippen molar-refractivity contribution in [1.82, 2.24) is 0 Å². The van der Waals surface area contributed by atoms with Gasteiger partial charge in [0.15, 0.2) is 0 Å². The van der Waals surface area contributed by atoms with E-state index in [2.05, 4.69) is 106 Å². The van der Waals surface area contributed by atoms with Gasteiger partial charge in [-0.1, -0.05) is 129 Å². The van der Waals surface area contributed by atoms with Crippen molar-refractivity contribution in [1.29, 1.82) is 0 Å². The van der Waals surface area contributed by atoms with Crippen LogP contribution in [0, 0.1) is 6.92 Å². The number of carbonyl (C=O) groups excluding carboxylic acids is 1. The summed E-state index contributed by atoms with van der Waals surface area (Å²) in [6.07, 6.45) is 0. The minimum absolute atomic E-state index is 0.244. The fourth-order valence-electron chi connectivity index (χ4n) is 6.83. The maximum absolute atomic E-state index is 13.3. The summed E-state index contributed by atoms with van der Waals surface area (Å²) < 4.78 is 5.82. The number of phenolic OH excluding ortho intramolecular Hbond substituents is 1. The first-order valence-electron chi connectivity index (χ1n) is 15.3. The highest BCUT2D eigenvalue weighted by Crippen LogP contribution is 2.55. The first-order chi connectivity index (χ1) is 21.8. The summed E-state index contributed by atoms with van der Waals surface area (Å²) in [6, 6.07) is 48.8. The molecular weight excluding hydrogens is 552 g/mol. The van der Waals surface area contributed by atoms with Gasteiger partial charge in [-0.25, -0.2) is 4.79 Å². The van der Waals surface area contributed by atoms with E-state index in [1.165, 1.54) is 33.4 Å². The van der Waals surface area contributed by atoms with Crippen LogP contribution in [0.15, 0.2) is 146 Å². The second kappa shape index (κ2) is 10.9. The summed E-state index contributed by atoms with van der Waals surface area (Å²) in [5.74, 6) is 0.334. The molecule has 7 rings (SSSR count). The van der Waals surface area contributed by atoms with Gasteiger partial charge < -0.3 is 9.84 Å². The van der Waals surface area contributed by atoms with Crippen LogP contribution in [0.2, 0.25) is 0 Å². The molecular formula is C42H34O3. The van der Waals surface area contributed by atoms with E-state index < -0.39 is 11.4 Å². The molecule has 0 unspecified atom stereocenters. The molecule has 3 nitrogen and oxygen atoms in total. The van der Waals surface area contributed by atoms with E-state index in [9.17, 15) is 9.90 Å². The highest BCUT2D eigenvalue weighted by Gasteiger charge is 2.45. The Morgan fingerprint density at radius 1 is 0.600 bits per heavy atom. The normalized spacial score (nSPS) is 13.1. The number of aryl methyl sites for hydroxylation is 1. The van der Waals surface area contributed by atoms with Crippen molar-refractivity contribution in [2.45, 2.75) is 31.6 Å². The predicted octanol–water partition coefficient (Wildman–Crippen LogP) is 9.61. The summed E-state index contributed by atoms with van der Waals surface area (Å²) >= 11 is 0. The molecule has 0 bridgehead atoms. The maximum Gasteiger partial charge on any atom is 0.343 e. The minimum atomic E-state index is -0.510. The van der Waals surface area contributed by atoms with Gasteiger partial charge in [0.1, 0.15) is 11.5 Å². The SMILES string of the molecule is Cc1ccc(C2(c3ccc(C(=O)Oc4ccc(C(C)(C)c5ccc(O)cc5)cc4)cc3)c3ccccc3-c3ccccc32)cc1. The molecule has 3 heteroatoms. The van der Waals surface area contributed by atoms with Gasteiger partial charge in [0, 0.05) is 5.41 Å². The smallest absolute Gasteiger partial charge is 0.343 e. The molecule has 0 aliphatic heterocycles. The van der Waals surface area contributed by atoms with E-state index in [1.807, 2.05) is 48.5 Å². The lowest BCUT2D eigenvalue weighted by Crippen LogP contribution is -2.28. The lowest BCUT2D eigenvalue weighted by Gasteiger charge is -2.34. The Bertz CT molecular complexity index is 1950. The number of fused-ring (bicyclic) bond motifs is 3. The van der Waals surface area contributed by atoms with Crippen LogP contribution in [0.1, 0.15) is 63.1 Å². The largest absolute Gasteiger partial charge is 0.508 e. The van der Waals surface area contributed by atoms with E-state index in [0.717, 1.165) is 16.7 Å². The molecule has 0 spiro atoms. The van der Waals surface area contributed by atoms with Crippen LogP contribution in [0.4, 0.5) is 0 Å². The number of hydrogen-bond donors (Lipinski definition) is 1. The third-order valence-corrected chi connectivity index (χ3v) is 9.37. The van der Waals surface area contributed by atoms with Crippen molar-refractivity contribution in [2.75, 3.05) is 0 Å². The second-order valence-electron chi connectivity index (χ2n) is 12.4. The van der Waals surface area contributed by atoms with Crippen LogP contribution in [0.25, 0.3) is 11.1 Å². The Hall–Kier alpha value is -5.41. The van der Waals surface area contributed by atoms with Gasteiger partial charge in [-0.05, 0) is 87.8 Å². The molecule has 0 atom stereocenters. The molecule has 0 saturated carbocycles. The average Bonchev–Trinajstić information content (AvgIpc) is 3.37.